The van der Waals surface area contributed by atoms with E-state index in [4.69, 9.17) is 0 Å². The first-order valence-electron chi connectivity index (χ1n) is 7.14. The molecule has 1 heterocycles. The number of halogens is 2. The van der Waals surface area contributed by atoms with Crippen LogP contribution in [0.1, 0.15) is 29.2 Å². The van der Waals surface area contributed by atoms with Crippen LogP contribution in [-0.2, 0) is 0 Å². The van der Waals surface area contributed by atoms with Crippen LogP contribution in [0.3, 0.4) is 0 Å². The molecule has 0 saturated heterocycles. The van der Waals surface area contributed by atoms with Gasteiger partial charge in [-0.25, -0.2) is 4.98 Å². The number of thiazole rings is 1. The van der Waals surface area contributed by atoms with Crippen LogP contribution < -0.4 is 10.6 Å². The second kappa shape index (κ2) is 10.6. The molecule has 2 rings (SSSR count). The summed E-state index contributed by atoms with van der Waals surface area (Å²) < 4.78 is 0. The number of aryl methyl sites for hydroxylation is 1. The molecule has 128 valence electrons. The van der Waals surface area contributed by atoms with Crippen molar-refractivity contribution in [3.63, 3.8) is 0 Å². The summed E-state index contributed by atoms with van der Waals surface area (Å²) in [7, 11) is 0. The summed E-state index contributed by atoms with van der Waals surface area (Å²) in [6, 6.07) is 7.86. The molecule has 1 aromatic carbocycles. The molecule has 0 spiro atoms. The number of likely N-dealkylation sites (N-methyl/N-ethyl adjacent to an activating group) is 1. The van der Waals surface area contributed by atoms with Crippen molar-refractivity contribution in [3.8, 4) is 11.3 Å². The van der Waals surface area contributed by atoms with Crippen molar-refractivity contribution in [1.82, 2.24) is 15.6 Å². The van der Waals surface area contributed by atoms with Gasteiger partial charge in [0, 0.05) is 29.1 Å². The van der Waals surface area contributed by atoms with Crippen LogP contribution in [0.4, 0.5) is 0 Å². The zero-order valence-corrected chi connectivity index (χ0v) is 15.9. The average Bonchev–Trinajstić information content (AvgIpc) is 2.92. The highest BCUT2D eigenvalue weighted by molar-refractivity contribution is 7.09. The SMILES string of the molecule is CCN[C@H](C)CNC(=O)c1cccc(-c2csc(C)n2)c1.Cl.Cl. The van der Waals surface area contributed by atoms with E-state index in [1.165, 1.54) is 0 Å². The smallest absolute Gasteiger partial charge is 0.251 e. The quantitative estimate of drug-likeness (QED) is 0.809. The van der Waals surface area contributed by atoms with Gasteiger partial charge in [-0.3, -0.25) is 4.79 Å². The maximum absolute atomic E-state index is 12.2. The molecule has 0 aliphatic rings. The predicted molar refractivity (Wildman–Crippen MR) is 102 cm³/mol. The van der Waals surface area contributed by atoms with Crippen molar-refractivity contribution < 1.29 is 4.79 Å². The number of carbonyl (C=O) groups excluding carboxylic acids is 1. The van der Waals surface area contributed by atoms with E-state index in [1.54, 1.807) is 11.3 Å². The van der Waals surface area contributed by atoms with Crippen LogP contribution in [-0.4, -0.2) is 30.0 Å². The first-order chi connectivity index (χ1) is 10.1. The maximum atomic E-state index is 12.2. The van der Waals surface area contributed by atoms with Gasteiger partial charge in [0.05, 0.1) is 10.7 Å². The highest BCUT2D eigenvalue weighted by atomic mass is 35.5. The third-order valence-electron chi connectivity index (χ3n) is 3.16. The van der Waals surface area contributed by atoms with Gasteiger partial charge in [-0.1, -0.05) is 19.1 Å². The van der Waals surface area contributed by atoms with Crippen LogP contribution in [0.2, 0.25) is 0 Å². The number of benzene rings is 1. The molecule has 0 aliphatic heterocycles. The summed E-state index contributed by atoms with van der Waals surface area (Å²) in [5, 5.41) is 9.26. The standard InChI is InChI=1S/C16H21N3OS.2ClH/c1-4-17-11(2)9-18-16(20)14-7-5-6-13(8-14)15-10-21-12(3)19-15;;/h5-8,10-11,17H,4,9H2,1-3H3,(H,18,20);2*1H/t11-;;/m1../s1. The number of nitrogens with zero attached hydrogens (tertiary/aromatic N) is 1. The van der Waals surface area contributed by atoms with Crippen molar-refractivity contribution in [1.29, 1.82) is 0 Å². The van der Waals surface area contributed by atoms with Gasteiger partial charge in [-0.15, -0.1) is 36.2 Å². The minimum Gasteiger partial charge on any atom is -0.350 e. The minimum atomic E-state index is -0.0476. The lowest BCUT2D eigenvalue weighted by molar-refractivity contribution is 0.0950. The van der Waals surface area contributed by atoms with E-state index in [-0.39, 0.29) is 36.8 Å². The molecule has 0 fully saturated rings. The van der Waals surface area contributed by atoms with Gasteiger partial charge in [-0.05, 0) is 32.5 Å². The Balaban J connectivity index is 0.00000242. The highest BCUT2D eigenvalue weighted by Gasteiger charge is 2.09. The summed E-state index contributed by atoms with van der Waals surface area (Å²) in [6.45, 7) is 7.60. The van der Waals surface area contributed by atoms with Gasteiger partial charge in [-0.2, -0.15) is 0 Å². The second-order valence-electron chi connectivity index (χ2n) is 5.00. The number of rotatable bonds is 6. The first-order valence-corrected chi connectivity index (χ1v) is 8.02. The molecule has 4 nitrogen and oxygen atoms in total. The third-order valence-corrected chi connectivity index (χ3v) is 3.93. The van der Waals surface area contributed by atoms with E-state index in [2.05, 4.69) is 29.5 Å². The number of aromatic nitrogens is 1. The van der Waals surface area contributed by atoms with Gasteiger partial charge < -0.3 is 10.6 Å². The minimum absolute atomic E-state index is 0. The van der Waals surface area contributed by atoms with Crippen molar-refractivity contribution in [2.45, 2.75) is 26.8 Å². The van der Waals surface area contributed by atoms with E-state index >= 15 is 0 Å². The molecule has 23 heavy (non-hydrogen) atoms. The van der Waals surface area contributed by atoms with Gasteiger partial charge in [0.15, 0.2) is 0 Å². The Morgan fingerprint density at radius 1 is 1.35 bits per heavy atom. The van der Waals surface area contributed by atoms with Gasteiger partial charge in [0.25, 0.3) is 5.91 Å². The van der Waals surface area contributed by atoms with Gasteiger partial charge in [0.2, 0.25) is 0 Å². The van der Waals surface area contributed by atoms with Crippen molar-refractivity contribution in [2.24, 2.45) is 0 Å². The number of nitrogens with one attached hydrogen (secondary N) is 2. The van der Waals surface area contributed by atoms with E-state index < -0.39 is 0 Å². The first kappa shape index (κ1) is 21.9. The lowest BCUT2D eigenvalue weighted by Gasteiger charge is -2.13. The monoisotopic (exact) mass is 375 g/mol. The van der Waals surface area contributed by atoms with Gasteiger partial charge in [0.1, 0.15) is 0 Å². The van der Waals surface area contributed by atoms with Crippen LogP contribution >= 0.6 is 36.2 Å². The zero-order chi connectivity index (χ0) is 15.2. The maximum Gasteiger partial charge on any atom is 0.251 e. The molecule has 2 aromatic rings. The van der Waals surface area contributed by atoms with E-state index in [1.807, 2.05) is 36.6 Å². The van der Waals surface area contributed by atoms with Crippen LogP contribution in [0, 0.1) is 6.92 Å². The summed E-state index contributed by atoms with van der Waals surface area (Å²) in [5.74, 6) is -0.0476. The molecule has 0 bridgehead atoms. The summed E-state index contributed by atoms with van der Waals surface area (Å²) >= 11 is 1.61. The number of hydrogen-bond acceptors (Lipinski definition) is 4. The lowest BCUT2D eigenvalue weighted by Crippen LogP contribution is -2.38. The Labute approximate surface area is 153 Å². The molecule has 0 saturated carbocycles. The molecule has 1 atom stereocenters. The Hall–Kier alpha value is -1.14. The van der Waals surface area contributed by atoms with Crippen LogP contribution in [0.5, 0.6) is 0 Å². The summed E-state index contributed by atoms with van der Waals surface area (Å²) in [5.41, 5.74) is 2.57. The molecule has 2 N–H and O–H groups in total. The Morgan fingerprint density at radius 3 is 2.70 bits per heavy atom. The van der Waals surface area contributed by atoms with Crippen molar-refractivity contribution >= 4 is 42.1 Å². The largest absolute Gasteiger partial charge is 0.350 e. The van der Waals surface area contributed by atoms with Gasteiger partial charge >= 0.3 is 0 Å². The fraction of sp³-hybridized carbons (Fsp3) is 0.375. The summed E-state index contributed by atoms with van der Waals surface area (Å²) in [4.78, 5) is 16.6. The zero-order valence-electron chi connectivity index (χ0n) is 13.5. The van der Waals surface area contributed by atoms with Crippen molar-refractivity contribution in [2.75, 3.05) is 13.1 Å². The molecule has 1 aromatic heterocycles. The normalized spacial score (nSPS) is 11.1. The van der Waals surface area contributed by atoms with Crippen LogP contribution in [0.25, 0.3) is 11.3 Å². The molecular formula is C16H23Cl2N3OS. The fourth-order valence-corrected chi connectivity index (χ4v) is 2.71. The number of hydrogen-bond donors (Lipinski definition) is 2. The molecule has 0 unspecified atom stereocenters. The molecule has 7 heteroatoms. The second-order valence-corrected chi connectivity index (χ2v) is 6.06. The lowest BCUT2D eigenvalue weighted by atomic mass is 10.1. The summed E-state index contributed by atoms with van der Waals surface area (Å²) in [6.07, 6.45) is 0. The topological polar surface area (TPSA) is 54.0 Å². The van der Waals surface area contributed by atoms with E-state index in [0.717, 1.165) is 22.8 Å². The molecular weight excluding hydrogens is 353 g/mol. The molecule has 1 amide bonds. The Kier molecular flexibility index (Phi) is 10.1. The Morgan fingerprint density at radius 2 is 2.09 bits per heavy atom. The van der Waals surface area contributed by atoms with E-state index in [9.17, 15) is 4.79 Å². The molecule has 0 aliphatic carbocycles. The number of amides is 1. The van der Waals surface area contributed by atoms with Crippen molar-refractivity contribution in [3.05, 3.63) is 40.2 Å². The van der Waals surface area contributed by atoms with Crippen LogP contribution in [0.15, 0.2) is 29.6 Å². The molecule has 0 radical (unpaired) electrons. The fourth-order valence-electron chi connectivity index (χ4n) is 2.08. The highest BCUT2D eigenvalue weighted by Crippen LogP contribution is 2.22. The predicted octanol–water partition coefficient (Wildman–Crippen LogP) is 3.69. The average molecular weight is 376 g/mol. The van der Waals surface area contributed by atoms with E-state index in [0.29, 0.717) is 12.1 Å². The third kappa shape index (κ3) is 6.47. The Bertz CT molecular complexity index is 619. The number of carbonyl (C=O) groups is 1.